The quantitative estimate of drug-likeness (QED) is 0.412. The van der Waals surface area contributed by atoms with Crippen molar-refractivity contribution in [3.05, 3.63) is 11.3 Å². The summed E-state index contributed by atoms with van der Waals surface area (Å²) in [4.78, 5) is 57.7. The van der Waals surface area contributed by atoms with E-state index in [1.54, 1.807) is 6.92 Å². The number of ketones is 1. The highest BCUT2D eigenvalue weighted by Gasteiger charge is 2.53. The van der Waals surface area contributed by atoms with Crippen molar-refractivity contribution in [1.29, 1.82) is 0 Å². The summed E-state index contributed by atoms with van der Waals surface area (Å²) in [5.74, 6) is -4.20. The summed E-state index contributed by atoms with van der Waals surface area (Å²) >= 11 is 1.37. The number of hydrogen-bond donors (Lipinski definition) is 3. The molecule has 0 aromatic carbocycles. The Labute approximate surface area is 141 Å². The summed E-state index contributed by atoms with van der Waals surface area (Å²) < 4.78 is 0. The van der Waals surface area contributed by atoms with Gasteiger partial charge in [-0.1, -0.05) is 0 Å². The fraction of sp³-hybridized carbons (Fsp3) is 0.500. The van der Waals surface area contributed by atoms with E-state index in [4.69, 9.17) is 5.11 Å². The van der Waals surface area contributed by atoms with Gasteiger partial charge in [0.25, 0.3) is 5.91 Å². The van der Waals surface area contributed by atoms with Gasteiger partial charge in [-0.3, -0.25) is 19.3 Å². The van der Waals surface area contributed by atoms with E-state index in [2.05, 4.69) is 5.32 Å². The monoisotopic (exact) mass is 356 g/mol. The van der Waals surface area contributed by atoms with Gasteiger partial charge >= 0.3 is 11.9 Å². The number of β-lactam (4-membered cyclic amide) rings is 1. The first-order valence-electron chi connectivity index (χ1n) is 7.17. The molecule has 1 fully saturated rings. The second-order valence-electron chi connectivity index (χ2n) is 5.47. The van der Waals surface area contributed by atoms with Crippen LogP contribution in [0.15, 0.2) is 11.3 Å². The molecule has 0 spiro atoms. The van der Waals surface area contributed by atoms with Gasteiger partial charge in [0, 0.05) is 18.6 Å². The van der Waals surface area contributed by atoms with Crippen molar-refractivity contribution in [1.82, 2.24) is 10.2 Å². The number of carbonyl (C=O) groups excluding carboxylic acids is 3. The number of nitrogens with one attached hydrogen (secondary N) is 1. The SMILES string of the molecule is CC1=C(C(=O)O)N2C(=O)C(NC(=O)CCCC(=O)C(=O)O)[C@@H]2SC1. The average Bonchev–Trinajstić information content (AvgIpc) is 2.51. The Morgan fingerprint density at radius 3 is 2.50 bits per heavy atom. The normalized spacial score (nSPS) is 22.5. The van der Waals surface area contributed by atoms with E-state index in [0.717, 1.165) is 0 Å². The molecule has 24 heavy (non-hydrogen) atoms. The molecule has 1 unspecified atom stereocenters. The highest BCUT2D eigenvalue weighted by atomic mass is 32.2. The molecule has 2 aliphatic rings. The minimum atomic E-state index is -1.54. The number of hydrogen-bond acceptors (Lipinski definition) is 6. The van der Waals surface area contributed by atoms with Gasteiger partial charge in [0.15, 0.2) is 0 Å². The molecular weight excluding hydrogens is 340 g/mol. The third-order valence-electron chi connectivity index (χ3n) is 3.72. The Morgan fingerprint density at radius 2 is 1.92 bits per heavy atom. The first kappa shape index (κ1) is 18.0. The summed E-state index contributed by atoms with van der Waals surface area (Å²) in [6, 6.07) is -0.805. The maximum atomic E-state index is 12.1. The van der Waals surface area contributed by atoms with Crippen molar-refractivity contribution in [2.24, 2.45) is 0 Å². The van der Waals surface area contributed by atoms with Crippen LogP contribution < -0.4 is 5.32 Å². The molecule has 10 heteroatoms. The van der Waals surface area contributed by atoms with Crippen LogP contribution in [0.5, 0.6) is 0 Å². The van der Waals surface area contributed by atoms with Crippen molar-refractivity contribution in [2.75, 3.05) is 5.75 Å². The molecule has 0 aromatic rings. The van der Waals surface area contributed by atoms with Crippen molar-refractivity contribution >= 4 is 41.3 Å². The molecule has 2 atom stereocenters. The fourth-order valence-corrected chi connectivity index (χ4v) is 3.83. The van der Waals surface area contributed by atoms with Crippen molar-refractivity contribution in [2.45, 2.75) is 37.6 Å². The van der Waals surface area contributed by atoms with E-state index >= 15 is 0 Å². The maximum Gasteiger partial charge on any atom is 0.372 e. The van der Waals surface area contributed by atoms with Crippen LogP contribution in [0.1, 0.15) is 26.2 Å². The maximum absolute atomic E-state index is 12.1. The van der Waals surface area contributed by atoms with Gasteiger partial charge in [-0.2, -0.15) is 0 Å². The van der Waals surface area contributed by atoms with E-state index < -0.39 is 41.0 Å². The Hall–Kier alpha value is -2.36. The summed E-state index contributed by atoms with van der Waals surface area (Å²) in [6.45, 7) is 1.64. The molecule has 9 nitrogen and oxygen atoms in total. The topological polar surface area (TPSA) is 141 Å². The Kier molecular flexibility index (Phi) is 5.27. The molecule has 3 N–H and O–H groups in total. The minimum absolute atomic E-state index is 0.0405. The lowest BCUT2D eigenvalue weighted by Crippen LogP contribution is -2.70. The van der Waals surface area contributed by atoms with Crippen LogP contribution in [0.3, 0.4) is 0 Å². The molecule has 2 rings (SSSR count). The lowest BCUT2D eigenvalue weighted by molar-refractivity contribution is -0.150. The number of carboxylic acids is 2. The Bertz CT molecular complexity index is 658. The summed E-state index contributed by atoms with van der Waals surface area (Å²) in [6.07, 6.45) is -0.267. The van der Waals surface area contributed by atoms with Crippen molar-refractivity contribution < 1.29 is 34.2 Å². The van der Waals surface area contributed by atoms with Crippen molar-refractivity contribution in [3.8, 4) is 0 Å². The number of carboxylic acid groups (broad SMARTS) is 2. The smallest absolute Gasteiger partial charge is 0.372 e. The first-order chi connectivity index (χ1) is 11.2. The summed E-state index contributed by atoms with van der Waals surface area (Å²) in [7, 11) is 0. The number of carbonyl (C=O) groups is 5. The van der Waals surface area contributed by atoms with Gasteiger partial charge in [-0.25, -0.2) is 9.59 Å². The fourth-order valence-electron chi connectivity index (χ4n) is 2.54. The van der Waals surface area contributed by atoms with E-state index in [1.807, 2.05) is 0 Å². The van der Waals surface area contributed by atoms with E-state index in [-0.39, 0.29) is 25.0 Å². The zero-order valence-electron chi connectivity index (χ0n) is 12.8. The number of rotatable bonds is 7. The van der Waals surface area contributed by atoms with Crippen LogP contribution in [-0.2, 0) is 24.0 Å². The molecule has 0 aromatic heterocycles. The van der Waals surface area contributed by atoms with Crippen LogP contribution in [-0.4, -0.2) is 61.8 Å². The lowest BCUT2D eigenvalue weighted by Gasteiger charge is -2.49. The van der Waals surface area contributed by atoms with Gasteiger partial charge in [0.05, 0.1) is 0 Å². The molecule has 0 saturated carbocycles. The summed E-state index contributed by atoms with van der Waals surface area (Å²) in [5.41, 5.74) is 0.551. The van der Waals surface area contributed by atoms with Crippen LogP contribution in [0.2, 0.25) is 0 Å². The molecule has 0 radical (unpaired) electrons. The predicted molar refractivity (Wildman–Crippen MR) is 81.9 cm³/mol. The van der Waals surface area contributed by atoms with E-state index in [0.29, 0.717) is 11.3 Å². The molecule has 2 aliphatic heterocycles. The Morgan fingerprint density at radius 1 is 1.25 bits per heavy atom. The lowest BCUT2D eigenvalue weighted by atomic mass is 10.0. The van der Waals surface area contributed by atoms with Gasteiger partial charge in [0.2, 0.25) is 11.7 Å². The van der Waals surface area contributed by atoms with Crippen LogP contribution in [0.25, 0.3) is 0 Å². The number of Topliss-reactive ketones (excluding diaryl/α,β-unsaturated/α-hetero) is 1. The van der Waals surface area contributed by atoms with Crippen molar-refractivity contribution in [3.63, 3.8) is 0 Å². The molecule has 1 saturated heterocycles. The highest BCUT2D eigenvalue weighted by Crippen LogP contribution is 2.40. The zero-order chi connectivity index (χ0) is 18.0. The zero-order valence-corrected chi connectivity index (χ0v) is 13.6. The summed E-state index contributed by atoms with van der Waals surface area (Å²) in [5, 5.41) is 19.7. The largest absolute Gasteiger partial charge is 0.477 e. The molecule has 0 aliphatic carbocycles. The number of fused-ring (bicyclic) bond motifs is 1. The molecule has 130 valence electrons. The van der Waals surface area contributed by atoms with Crippen LogP contribution in [0.4, 0.5) is 0 Å². The second kappa shape index (κ2) is 7.04. The standard InChI is InChI=1S/C14H16N2O7S/c1-6-5-24-12-9(11(19)16(12)10(6)14(22)23)15-8(18)4-2-3-7(17)13(20)21/h9,12H,2-5H2,1H3,(H,15,18)(H,20,21)(H,22,23)/t9?,12-/m0/s1. The van der Waals surface area contributed by atoms with Gasteiger partial charge in [-0.15, -0.1) is 11.8 Å². The number of aliphatic carboxylic acids is 2. The molecular formula is C14H16N2O7S. The molecule has 2 amide bonds. The number of thioether (sulfide) groups is 1. The van der Waals surface area contributed by atoms with Crippen LogP contribution >= 0.6 is 11.8 Å². The average molecular weight is 356 g/mol. The second-order valence-corrected chi connectivity index (χ2v) is 6.58. The van der Waals surface area contributed by atoms with Crippen LogP contribution in [0, 0.1) is 0 Å². The predicted octanol–water partition coefficient (Wildman–Crippen LogP) is -0.431. The van der Waals surface area contributed by atoms with E-state index in [1.165, 1.54) is 16.7 Å². The third kappa shape index (κ3) is 3.42. The Balaban J connectivity index is 1.89. The number of nitrogens with zero attached hydrogens (tertiary/aromatic N) is 1. The first-order valence-corrected chi connectivity index (χ1v) is 8.22. The molecule has 2 heterocycles. The van der Waals surface area contributed by atoms with E-state index in [9.17, 15) is 29.1 Å². The van der Waals surface area contributed by atoms with Gasteiger partial charge < -0.3 is 15.5 Å². The number of amides is 2. The highest BCUT2D eigenvalue weighted by molar-refractivity contribution is 8.00. The van der Waals surface area contributed by atoms with Gasteiger partial charge in [-0.05, 0) is 18.9 Å². The minimum Gasteiger partial charge on any atom is -0.477 e. The van der Waals surface area contributed by atoms with Gasteiger partial charge in [0.1, 0.15) is 17.1 Å². The third-order valence-corrected chi connectivity index (χ3v) is 5.15. The molecule has 0 bridgehead atoms.